The van der Waals surface area contributed by atoms with E-state index in [0.717, 1.165) is 5.56 Å². The minimum absolute atomic E-state index is 0.150. The Hall–Kier alpha value is -1.65. The summed E-state index contributed by atoms with van der Waals surface area (Å²) in [6, 6.07) is 5.94. The molecule has 2 rings (SSSR count). The van der Waals surface area contributed by atoms with Crippen LogP contribution >= 0.6 is 34.9 Å². The zero-order chi connectivity index (χ0) is 16.7. The summed E-state index contributed by atoms with van der Waals surface area (Å²) in [6.07, 6.45) is 0. The Morgan fingerprint density at radius 2 is 1.74 bits per heavy atom. The molecule has 1 aromatic heterocycles. The van der Waals surface area contributed by atoms with Gasteiger partial charge in [0.25, 0.3) is 0 Å². The first-order chi connectivity index (χ1) is 11.0. The number of primary amides is 1. The van der Waals surface area contributed by atoms with Crippen molar-refractivity contribution in [2.24, 2.45) is 5.73 Å². The van der Waals surface area contributed by atoms with E-state index in [1.165, 1.54) is 47.0 Å². The van der Waals surface area contributed by atoms with Crippen LogP contribution in [0.2, 0.25) is 0 Å². The zero-order valence-electron chi connectivity index (χ0n) is 11.8. The minimum atomic E-state index is -0.417. The zero-order valence-corrected chi connectivity index (χ0v) is 14.3. The molecule has 0 atom stereocenters. The first-order valence-corrected chi connectivity index (χ1v) is 9.20. The van der Waals surface area contributed by atoms with Crippen LogP contribution in [0.15, 0.2) is 32.9 Å². The number of carbonyl (C=O) groups excluding carboxylic acids is 2. The van der Waals surface area contributed by atoms with Gasteiger partial charge in [0.1, 0.15) is 5.82 Å². The van der Waals surface area contributed by atoms with Gasteiger partial charge in [-0.15, -0.1) is 10.2 Å². The van der Waals surface area contributed by atoms with E-state index in [0.29, 0.717) is 15.2 Å². The van der Waals surface area contributed by atoms with Gasteiger partial charge < -0.3 is 11.1 Å². The lowest BCUT2D eigenvalue weighted by molar-refractivity contribution is -0.118. The van der Waals surface area contributed by atoms with Crippen molar-refractivity contribution in [2.75, 3.05) is 11.5 Å². The number of hydrogen-bond donors (Lipinski definition) is 2. The highest BCUT2D eigenvalue weighted by molar-refractivity contribution is 8.03. The molecule has 2 aromatic rings. The summed E-state index contributed by atoms with van der Waals surface area (Å²) in [5.74, 6) is -0.523. The van der Waals surface area contributed by atoms with Gasteiger partial charge in [-0.05, 0) is 17.7 Å². The molecular weight excluding hydrogens is 359 g/mol. The second kappa shape index (κ2) is 8.85. The number of thioether (sulfide) groups is 2. The molecule has 0 saturated carbocycles. The summed E-state index contributed by atoms with van der Waals surface area (Å²) < 4.78 is 14.0. The van der Waals surface area contributed by atoms with E-state index in [-0.39, 0.29) is 23.2 Å². The van der Waals surface area contributed by atoms with Crippen molar-refractivity contribution in [3.63, 3.8) is 0 Å². The van der Waals surface area contributed by atoms with E-state index >= 15 is 0 Å². The average Bonchev–Trinajstić information content (AvgIpc) is 2.98. The number of aromatic nitrogens is 2. The predicted octanol–water partition coefficient (Wildman–Crippen LogP) is 1.66. The molecular formula is C13H13FN4O2S3. The molecule has 1 heterocycles. The molecule has 0 spiro atoms. The normalized spacial score (nSPS) is 10.5. The van der Waals surface area contributed by atoms with E-state index in [1.807, 2.05) is 0 Å². The SMILES string of the molecule is NC(=O)CSc1nnc(SCC(=O)NCc2ccc(F)cc2)s1. The third-order valence-electron chi connectivity index (χ3n) is 2.46. The van der Waals surface area contributed by atoms with Crippen LogP contribution in [-0.4, -0.2) is 33.5 Å². The number of amides is 2. The molecule has 122 valence electrons. The van der Waals surface area contributed by atoms with Gasteiger partial charge >= 0.3 is 0 Å². The maximum Gasteiger partial charge on any atom is 0.230 e. The first kappa shape index (κ1) is 17.7. The van der Waals surface area contributed by atoms with Crippen LogP contribution in [0.3, 0.4) is 0 Å². The van der Waals surface area contributed by atoms with Crippen molar-refractivity contribution >= 4 is 46.7 Å². The van der Waals surface area contributed by atoms with Crippen molar-refractivity contribution in [2.45, 2.75) is 15.2 Å². The molecule has 0 fully saturated rings. The van der Waals surface area contributed by atoms with Crippen LogP contribution in [0.5, 0.6) is 0 Å². The van der Waals surface area contributed by atoms with E-state index in [4.69, 9.17) is 5.73 Å². The second-order valence-electron chi connectivity index (χ2n) is 4.28. The number of nitrogens with zero attached hydrogens (tertiary/aromatic N) is 2. The summed E-state index contributed by atoms with van der Waals surface area (Å²) in [4.78, 5) is 22.4. The quantitative estimate of drug-likeness (QED) is 0.684. The number of halogens is 1. The third-order valence-corrected chi connectivity index (χ3v) is 5.67. The van der Waals surface area contributed by atoms with Crippen LogP contribution in [0, 0.1) is 5.82 Å². The summed E-state index contributed by atoms with van der Waals surface area (Å²) in [5.41, 5.74) is 5.88. The highest BCUT2D eigenvalue weighted by Gasteiger charge is 2.09. The lowest BCUT2D eigenvalue weighted by atomic mass is 10.2. The molecule has 10 heteroatoms. The molecule has 0 aliphatic heterocycles. The Morgan fingerprint density at radius 3 is 2.35 bits per heavy atom. The van der Waals surface area contributed by atoms with Gasteiger partial charge in [-0.25, -0.2) is 4.39 Å². The third kappa shape index (κ3) is 6.55. The van der Waals surface area contributed by atoms with Gasteiger partial charge in [0, 0.05) is 6.54 Å². The van der Waals surface area contributed by atoms with Gasteiger partial charge in [0.2, 0.25) is 11.8 Å². The molecule has 0 bridgehead atoms. The fourth-order valence-electron chi connectivity index (χ4n) is 1.43. The van der Waals surface area contributed by atoms with Gasteiger partial charge in [0.05, 0.1) is 11.5 Å². The fourth-order valence-corrected chi connectivity index (χ4v) is 4.02. The van der Waals surface area contributed by atoms with E-state index in [1.54, 1.807) is 12.1 Å². The van der Waals surface area contributed by atoms with Crippen molar-refractivity contribution < 1.29 is 14.0 Å². The lowest BCUT2D eigenvalue weighted by Gasteiger charge is -2.04. The lowest BCUT2D eigenvalue weighted by Crippen LogP contribution is -2.24. The maximum atomic E-state index is 12.8. The van der Waals surface area contributed by atoms with Crippen LogP contribution in [0.1, 0.15) is 5.56 Å². The van der Waals surface area contributed by atoms with Crippen LogP contribution in [0.4, 0.5) is 4.39 Å². The molecule has 1 aromatic carbocycles. The summed E-state index contributed by atoms with van der Waals surface area (Å²) in [5, 5.41) is 10.6. The molecule has 2 amide bonds. The summed E-state index contributed by atoms with van der Waals surface area (Å²) in [6.45, 7) is 0.343. The van der Waals surface area contributed by atoms with Gasteiger partial charge in [-0.3, -0.25) is 9.59 Å². The van der Waals surface area contributed by atoms with Gasteiger partial charge in [0.15, 0.2) is 8.68 Å². The largest absolute Gasteiger partial charge is 0.369 e. The van der Waals surface area contributed by atoms with Crippen molar-refractivity contribution in [3.8, 4) is 0 Å². The Balaban J connectivity index is 1.71. The first-order valence-electron chi connectivity index (χ1n) is 6.41. The Labute approximate surface area is 144 Å². The van der Waals surface area contributed by atoms with Crippen LogP contribution in [0.25, 0.3) is 0 Å². The summed E-state index contributed by atoms with van der Waals surface area (Å²) >= 11 is 3.79. The number of rotatable bonds is 8. The van der Waals surface area contributed by atoms with Crippen molar-refractivity contribution in [3.05, 3.63) is 35.6 Å². The Bertz CT molecular complexity index is 678. The molecule has 0 unspecified atom stereocenters. The number of nitrogens with two attached hydrogens (primary N) is 1. The van der Waals surface area contributed by atoms with E-state index < -0.39 is 5.91 Å². The predicted molar refractivity (Wildman–Crippen MR) is 88.8 cm³/mol. The molecule has 3 N–H and O–H groups in total. The van der Waals surface area contributed by atoms with Gasteiger partial charge in [-0.1, -0.05) is 47.0 Å². The fraction of sp³-hybridized carbons (Fsp3) is 0.231. The highest BCUT2D eigenvalue weighted by Crippen LogP contribution is 2.28. The molecule has 6 nitrogen and oxygen atoms in total. The summed E-state index contributed by atoms with van der Waals surface area (Å²) in [7, 11) is 0. The topological polar surface area (TPSA) is 98.0 Å². The second-order valence-corrected chi connectivity index (χ2v) is 7.70. The smallest absolute Gasteiger partial charge is 0.230 e. The molecule has 0 radical (unpaired) electrons. The van der Waals surface area contributed by atoms with Crippen molar-refractivity contribution in [1.29, 1.82) is 0 Å². The maximum absolute atomic E-state index is 12.8. The van der Waals surface area contributed by atoms with Gasteiger partial charge in [-0.2, -0.15) is 0 Å². The Kier molecular flexibility index (Phi) is 6.81. The number of hydrogen-bond acceptors (Lipinski definition) is 7. The molecule has 23 heavy (non-hydrogen) atoms. The Morgan fingerprint density at radius 1 is 1.13 bits per heavy atom. The minimum Gasteiger partial charge on any atom is -0.369 e. The standard InChI is InChI=1S/C13H13FN4O2S3/c14-9-3-1-8(2-4-9)5-16-11(20)7-22-13-18-17-12(23-13)21-6-10(15)19/h1-4H,5-7H2,(H2,15,19)(H,16,20). The van der Waals surface area contributed by atoms with Crippen molar-refractivity contribution in [1.82, 2.24) is 15.5 Å². The molecule has 0 aliphatic rings. The van der Waals surface area contributed by atoms with E-state index in [2.05, 4.69) is 15.5 Å². The highest BCUT2D eigenvalue weighted by atomic mass is 32.2. The monoisotopic (exact) mass is 372 g/mol. The molecule has 0 aliphatic carbocycles. The van der Waals surface area contributed by atoms with Crippen LogP contribution < -0.4 is 11.1 Å². The average molecular weight is 372 g/mol. The van der Waals surface area contributed by atoms with Crippen LogP contribution in [-0.2, 0) is 16.1 Å². The molecule has 0 saturated heterocycles. The number of nitrogens with one attached hydrogen (secondary N) is 1. The van der Waals surface area contributed by atoms with E-state index in [9.17, 15) is 14.0 Å². The number of benzene rings is 1. The number of carbonyl (C=O) groups is 2.